The first kappa shape index (κ1) is 17.6. The molecule has 0 bridgehead atoms. The zero-order valence-electron chi connectivity index (χ0n) is 15.7. The molecule has 4 aromatic rings. The van der Waals surface area contributed by atoms with Crippen molar-refractivity contribution < 1.29 is 14.2 Å². The fraction of sp³-hybridized carbons (Fsp3) is 0.150. The molecule has 0 spiro atoms. The molecule has 0 unspecified atom stereocenters. The Morgan fingerprint density at radius 2 is 1.61 bits per heavy atom. The van der Waals surface area contributed by atoms with Crippen molar-refractivity contribution in [3.8, 4) is 34.3 Å². The van der Waals surface area contributed by atoms with Gasteiger partial charge in [0, 0.05) is 11.3 Å². The van der Waals surface area contributed by atoms with Crippen molar-refractivity contribution in [2.75, 3.05) is 27.1 Å². The standard InChI is InChI=1S/C20H19N5O3/c1-26-14-7-5-13(6-8-14)25-19(24-17-18(21)22-11-23-20(17)25)12-4-9-15(27-2)16(10-12)28-3/h4-11H,1-3H3,(H2,21,22,23). The van der Waals surface area contributed by atoms with E-state index in [4.69, 9.17) is 24.9 Å². The van der Waals surface area contributed by atoms with Crippen molar-refractivity contribution in [2.45, 2.75) is 0 Å². The van der Waals surface area contributed by atoms with Crippen LogP contribution < -0.4 is 19.9 Å². The van der Waals surface area contributed by atoms with E-state index in [1.165, 1.54) is 6.33 Å². The number of fused-ring (bicyclic) bond motifs is 1. The van der Waals surface area contributed by atoms with Gasteiger partial charge in [0.05, 0.1) is 21.3 Å². The molecule has 0 fully saturated rings. The van der Waals surface area contributed by atoms with E-state index in [0.717, 1.165) is 17.0 Å². The zero-order chi connectivity index (χ0) is 19.7. The molecule has 0 amide bonds. The molecule has 8 nitrogen and oxygen atoms in total. The van der Waals surface area contributed by atoms with E-state index >= 15 is 0 Å². The fourth-order valence-electron chi connectivity index (χ4n) is 3.05. The van der Waals surface area contributed by atoms with Crippen LogP contribution >= 0.6 is 0 Å². The number of methoxy groups -OCH3 is 3. The van der Waals surface area contributed by atoms with Crippen LogP contribution in [0.3, 0.4) is 0 Å². The van der Waals surface area contributed by atoms with Crippen molar-refractivity contribution in [1.29, 1.82) is 0 Å². The summed E-state index contributed by atoms with van der Waals surface area (Å²) in [5, 5.41) is 0. The third kappa shape index (κ3) is 2.84. The normalized spacial score (nSPS) is 10.8. The Hall–Kier alpha value is -3.81. The Labute approximate surface area is 161 Å². The van der Waals surface area contributed by atoms with E-state index in [2.05, 4.69) is 9.97 Å². The fourth-order valence-corrected chi connectivity index (χ4v) is 3.05. The predicted octanol–water partition coefficient (Wildman–Crippen LogP) is 3.09. The lowest BCUT2D eigenvalue weighted by Crippen LogP contribution is -2.00. The molecule has 2 N–H and O–H groups in total. The largest absolute Gasteiger partial charge is 0.497 e. The number of nitrogens with two attached hydrogens (primary N) is 1. The number of rotatable bonds is 5. The van der Waals surface area contributed by atoms with Gasteiger partial charge >= 0.3 is 0 Å². The summed E-state index contributed by atoms with van der Waals surface area (Å²) in [7, 11) is 4.82. The Kier molecular flexibility index (Phi) is 4.44. The van der Waals surface area contributed by atoms with E-state index in [-0.39, 0.29) is 0 Å². The molecule has 0 saturated heterocycles. The van der Waals surface area contributed by atoms with Crippen LogP contribution in [0.15, 0.2) is 48.8 Å². The number of aromatic nitrogens is 4. The van der Waals surface area contributed by atoms with Crippen LogP contribution in [0.5, 0.6) is 17.2 Å². The highest BCUT2D eigenvalue weighted by molar-refractivity contribution is 5.87. The van der Waals surface area contributed by atoms with Crippen molar-refractivity contribution in [3.05, 3.63) is 48.8 Å². The van der Waals surface area contributed by atoms with Gasteiger partial charge in [-0.1, -0.05) is 0 Å². The Balaban J connectivity index is 1.99. The number of hydrogen-bond donors (Lipinski definition) is 1. The molecule has 0 aliphatic heterocycles. The third-order valence-corrected chi connectivity index (χ3v) is 4.44. The summed E-state index contributed by atoms with van der Waals surface area (Å²) in [5.41, 5.74) is 8.89. The van der Waals surface area contributed by atoms with Gasteiger partial charge in [0.2, 0.25) is 0 Å². The molecule has 142 valence electrons. The second-order valence-electron chi connectivity index (χ2n) is 5.97. The SMILES string of the molecule is COc1ccc(-n2c(-c3ccc(OC)c(OC)c3)nc3c(N)ncnc32)cc1. The van der Waals surface area contributed by atoms with Gasteiger partial charge in [-0.3, -0.25) is 4.57 Å². The first-order chi connectivity index (χ1) is 13.7. The number of nitrogen functional groups attached to an aromatic ring is 1. The molecule has 4 rings (SSSR count). The maximum absolute atomic E-state index is 6.05. The number of hydrogen-bond acceptors (Lipinski definition) is 7. The summed E-state index contributed by atoms with van der Waals surface area (Å²) in [6.07, 6.45) is 1.43. The highest BCUT2D eigenvalue weighted by atomic mass is 16.5. The van der Waals surface area contributed by atoms with E-state index in [0.29, 0.717) is 34.3 Å². The van der Waals surface area contributed by atoms with Gasteiger partial charge in [0.1, 0.15) is 17.9 Å². The smallest absolute Gasteiger partial charge is 0.170 e. The van der Waals surface area contributed by atoms with E-state index in [1.807, 2.05) is 47.0 Å². The highest BCUT2D eigenvalue weighted by Crippen LogP contribution is 2.35. The highest BCUT2D eigenvalue weighted by Gasteiger charge is 2.19. The lowest BCUT2D eigenvalue weighted by atomic mass is 10.2. The first-order valence-electron chi connectivity index (χ1n) is 8.52. The maximum atomic E-state index is 6.05. The van der Waals surface area contributed by atoms with Crippen LogP contribution in [-0.2, 0) is 0 Å². The van der Waals surface area contributed by atoms with Gasteiger partial charge in [-0.25, -0.2) is 15.0 Å². The lowest BCUT2D eigenvalue weighted by Gasteiger charge is -2.12. The summed E-state index contributed by atoms with van der Waals surface area (Å²) in [6.45, 7) is 0. The number of benzene rings is 2. The molecule has 8 heteroatoms. The van der Waals surface area contributed by atoms with Gasteiger partial charge in [0.15, 0.2) is 28.5 Å². The number of imidazole rings is 1. The minimum Gasteiger partial charge on any atom is -0.497 e. The molecule has 0 saturated carbocycles. The molecule has 0 aliphatic carbocycles. The summed E-state index contributed by atoms with van der Waals surface area (Å²) in [5.74, 6) is 2.98. The molecule has 0 atom stereocenters. The summed E-state index contributed by atoms with van der Waals surface area (Å²) < 4.78 is 18.0. The van der Waals surface area contributed by atoms with Crippen LogP contribution in [0.4, 0.5) is 5.82 Å². The summed E-state index contributed by atoms with van der Waals surface area (Å²) in [6, 6.07) is 13.2. The van der Waals surface area contributed by atoms with Crippen LogP contribution in [0.1, 0.15) is 0 Å². The van der Waals surface area contributed by atoms with Crippen LogP contribution in [0, 0.1) is 0 Å². The summed E-state index contributed by atoms with van der Waals surface area (Å²) >= 11 is 0. The van der Waals surface area contributed by atoms with Gasteiger partial charge < -0.3 is 19.9 Å². The lowest BCUT2D eigenvalue weighted by molar-refractivity contribution is 0.355. The monoisotopic (exact) mass is 377 g/mol. The molecule has 2 aromatic carbocycles. The number of ether oxygens (including phenoxy) is 3. The van der Waals surface area contributed by atoms with Crippen molar-refractivity contribution in [1.82, 2.24) is 19.5 Å². The average molecular weight is 377 g/mol. The quantitative estimate of drug-likeness (QED) is 0.571. The van der Waals surface area contributed by atoms with Crippen molar-refractivity contribution in [3.63, 3.8) is 0 Å². The number of anilines is 1. The van der Waals surface area contributed by atoms with Crippen LogP contribution in [0.2, 0.25) is 0 Å². The minimum absolute atomic E-state index is 0.319. The van der Waals surface area contributed by atoms with Gasteiger partial charge in [0.25, 0.3) is 0 Å². The molecule has 0 aliphatic rings. The Morgan fingerprint density at radius 3 is 2.29 bits per heavy atom. The van der Waals surface area contributed by atoms with Gasteiger partial charge in [-0.2, -0.15) is 0 Å². The zero-order valence-corrected chi connectivity index (χ0v) is 15.7. The molecule has 2 aromatic heterocycles. The average Bonchev–Trinajstić information content (AvgIpc) is 3.14. The number of nitrogens with zero attached hydrogens (tertiary/aromatic N) is 4. The Morgan fingerprint density at radius 1 is 0.857 bits per heavy atom. The van der Waals surface area contributed by atoms with Gasteiger partial charge in [-0.05, 0) is 42.5 Å². The third-order valence-electron chi connectivity index (χ3n) is 4.44. The summed E-state index contributed by atoms with van der Waals surface area (Å²) in [4.78, 5) is 13.2. The predicted molar refractivity (Wildman–Crippen MR) is 106 cm³/mol. The second kappa shape index (κ2) is 7.07. The molecular formula is C20H19N5O3. The first-order valence-corrected chi connectivity index (χ1v) is 8.52. The van der Waals surface area contributed by atoms with E-state index < -0.39 is 0 Å². The van der Waals surface area contributed by atoms with Crippen LogP contribution in [-0.4, -0.2) is 40.8 Å². The second-order valence-corrected chi connectivity index (χ2v) is 5.97. The van der Waals surface area contributed by atoms with Crippen molar-refractivity contribution in [2.24, 2.45) is 0 Å². The molecule has 2 heterocycles. The molecular weight excluding hydrogens is 358 g/mol. The van der Waals surface area contributed by atoms with Crippen LogP contribution in [0.25, 0.3) is 28.2 Å². The molecule has 28 heavy (non-hydrogen) atoms. The van der Waals surface area contributed by atoms with Gasteiger partial charge in [-0.15, -0.1) is 0 Å². The molecule has 0 radical (unpaired) electrons. The van der Waals surface area contributed by atoms with E-state index in [1.54, 1.807) is 21.3 Å². The van der Waals surface area contributed by atoms with E-state index in [9.17, 15) is 0 Å². The Bertz CT molecular complexity index is 1140. The van der Waals surface area contributed by atoms with Crippen molar-refractivity contribution >= 4 is 17.0 Å². The minimum atomic E-state index is 0.319. The topological polar surface area (TPSA) is 97.3 Å². The maximum Gasteiger partial charge on any atom is 0.170 e.